The Morgan fingerprint density at radius 1 is 1.21 bits per heavy atom. The summed E-state index contributed by atoms with van der Waals surface area (Å²) >= 11 is 0. The molecule has 19 heavy (non-hydrogen) atoms. The van der Waals surface area contributed by atoms with Gasteiger partial charge in [-0.15, -0.1) is 10.2 Å². The highest BCUT2D eigenvalue weighted by atomic mass is 15.2. The van der Waals surface area contributed by atoms with Crippen molar-refractivity contribution >= 4 is 5.69 Å². The molecule has 5 nitrogen and oxygen atoms in total. The summed E-state index contributed by atoms with van der Waals surface area (Å²) in [5, 5.41) is 11.5. The van der Waals surface area contributed by atoms with Crippen molar-refractivity contribution in [2.75, 3.05) is 31.1 Å². The van der Waals surface area contributed by atoms with Crippen molar-refractivity contribution in [2.45, 2.75) is 6.42 Å². The van der Waals surface area contributed by atoms with Crippen molar-refractivity contribution in [1.82, 2.24) is 20.1 Å². The molecular formula is C14H19N5. The fraction of sp³-hybridized carbons (Fsp3) is 0.429. The molecule has 1 N–H and O–H groups in total. The average molecular weight is 257 g/mol. The fourth-order valence-electron chi connectivity index (χ4n) is 2.51. The second-order valence-electron chi connectivity index (χ2n) is 4.90. The van der Waals surface area contributed by atoms with Gasteiger partial charge in [-0.25, -0.2) is 0 Å². The Balaban J connectivity index is 1.86. The number of hydrogen-bond acceptors (Lipinski definition) is 4. The number of aryl methyl sites for hydroxylation is 1. The molecule has 1 aromatic heterocycles. The van der Waals surface area contributed by atoms with E-state index in [4.69, 9.17) is 0 Å². The lowest BCUT2D eigenvalue weighted by Gasteiger charge is -2.31. The van der Waals surface area contributed by atoms with Crippen LogP contribution < -0.4 is 10.2 Å². The van der Waals surface area contributed by atoms with Crippen molar-refractivity contribution in [2.24, 2.45) is 7.05 Å². The van der Waals surface area contributed by atoms with Crippen molar-refractivity contribution in [1.29, 1.82) is 0 Å². The zero-order chi connectivity index (χ0) is 13.1. The molecule has 1 aromatic carbocycles. The summed E-state index contributed by atoms with van der Waals surface area (Å²) in [4.78, 5) is 2.45. The van der Waals surface area contributed by atoms with E-state index in [1.54, 1.807) is 6.33 Å². The molecule has 2 aromatic rings. The normalized spacial score (nSPS) is 15.7. The van der Waals surface area contributed by atoms with Crippen LogP contribution in [-0.4, -0.2) is 40.9 Å². The molecule has 0 atom stereocenters. The third kappa shape index (κ3) is 2.61. The van der Waals surface area contributed by atoms with E-state index < -0.39 is 0 Å². The summed E-state index contributed by atoms with van der Waals surface area (Å²) in [5.41, 5.74) is 2.65. The number of nitrogens with one attached hydrogen (secondary N) is 1. The first kappa shape index (κ1) is 12.2. The number of rotatable bonds is 3. The van der Waals surface area contributed by atoms with Crippen molar-refractivity contribution in [3.63, 3.8) is 0 Å². The lowest BCUT2D eigenvalue weighted by molar-refractivity contribution is 0.588. The standard InChI is InChI=1S/C14H19N5/c1-18-11-16-17-14(18)10-12-4-2-3-5-13(12)19-8-6-15-7-9-19/h2-5,11,15H,6-10H2,1H3. The topological polar surface area (TPSA) is 46.0 Å². The van der Waals surface area contributed by atoms with E-state index in [9.17, 15) is 0 Å². The van der Waals surface area contributed by atoms with Crippen molar-refractivity contribution in [3.05, 3.63) is 42.0 Å². The molecule has 0 spiro atoms. The highest BCUT2D eigenvalue weighted by Crippen LogP contribution is 2.22. The van der Waals surface area contributed by atoms with Gasteiger partial charge in [-0.2, -0.15) is 0 Å². The van der Waals surface area contributed by atoms with E-state index >= 15 is 0 Å². The van der Waals surface area contributed by atoms with Crippen molar-refractivity contribution < 1.29 is 0 Å². The molecule has 100 valence electrons. The van der Waals surface area contributed by atoms with Crippen LogP contribution in [0.25, 0.3) is 0 Å². The number of nitrogens with zero attached hydrogens (tertiary/aromatic N) is 4. The van der Waals surface area contributed by atoms with E-state index in [1.807, 2.05) is 11.6 Å². The van der Waals surface area contributed by atoms with Gasteiger partial charge in [-0.3, -0.25) is 0 Å². The third-order valence-corrected chi connectivity index (χ3v) is 3.60. The Bertz CT molecular complexity index is 542. The minimum atomic E-state index is 0.830. The lowest BCUT2D eigenvalue weighted by Crippen LogP contribution is -2.43. The van der Waals surface area contributed by atoms with Crippen LogP contribution >= 0.6 is 0 Å². The van der Waals surface area contributed by atoms with E-state index in [-0.39, 0.29) is 0 Å². The Morgan fingerprint density at radius 3 is 2.74 bits per heavy atom. The largest absolute Gasteiger partial charge is 0.369 e. The van der Waals surface area contributed by atoms with Crippen LogP contribution in [0.2, 0.25) is 0 Å². The number of benzene rings is 1. The number of anilines is 1. The van der Waals surface area contributed by atoms with Crippen LogP contribution in [0, 0.1) is 0 Å². The van der Waals surface area contributed by atoms with Crippen LogP contribution in [0.5, 0.6) is 0 Å². The molecule has 2 heterocycles. The Hall–Kier alpha value is -1.88. The van der Waals surface area contributed by atoms with Gasteiger partial charge in [-0.1, -0.05) is 18.2 Å². The predicted octanol–water partition coefficient (Wildman–Crippen LogP) is 0.815. The third-order valence-electron chi connectivity index (χ3n) is 3.60. The first-order chi connectivity index (χ1) is 9.34. The first-order valence-electron chi connectivity index (χ1n) is 6.71. The monoisotopic (exact) mass is 257 g/mol. The molecule has 0 saturated carbocycles. The highest BCUT2D eigenvalue weighted by molar-refractivity contribution is 5.55. The van der Waals surface area contributed by atoms with Gasteiger partial charge in [0.1, 0.15) is 12.2 Å². The molecule has 1 aliphatic heterocycles. The van der Waals surface area contributed by atoms with Crippen molar-refractivity contribution in [3.8, 4) is 0 Å². The molecular weight excluding hydrogens is 238 g/mol. The first-order valence-corrected chi connectivity index (χ1v) is 6.71. The molecule has 5 heteroatoms. The van der Waals surface area contributed by atoms with Gasteiger partial charge >= 0.3 is 0 Å². The molecule has 0 radical (unpaired) electrons. The fourth-order valence-corrected chi connectivity index (χ4v) is 2.51. The minimum Gasteiger partial charge on any atom is -0.369 e. The number of para-hydroxylation sites is 1. The maximum Gasteiger partial charge on any atom is 0.137 e. The Labute approximate surface area is 113 Å². The number of piperazine rings is 1. The van der Waals surface area contributed by atoms with Gasteiger partial charge in [0.15, 0.2) is 0 Å². The average Bonchev–Trinajstić information content (AvgIpc) is 2.86. The second-order valence-corrected chi connectivity index (χ2v) is 4.90. The summed E-state index contributed by atoms with van der Waals surface area (Å²) < 4.78 is 1.98. The molecule has 1 saturated heterocycles. The zero-order valence-corrected chi connectivity index (χ0v) is 11.2. The van der Waals surface area contributed by atoms with Gasteiger partial charge in [0.05, 0.1) is 0 Å². The van der Waals surface area contributed by atoms with Gasteiger partial charge in [-0.05, 0) is 11.6 Å². The molecule has 0 unspecified atom stereocenters. The summed E-state index contributed by atoms with van der Waals surface area (Å²) in [5.74, 6) is 1.00. The smallest absolute Gasteiger partial charge is 0.137 e. The molecule has 1 aliphatic rings. The molecule has 0 bridgehead atoms. The number of aromatic nitrogens is 3. The van der Waals surface area contributed by atoms with Crippen LogP contribution in [0.1, 0.15) is 11.4 Å². The number of hydrogen-bond donors (Lipinski definition) is 1. The summed E-state index contributed by atoms with van der Waals surface area (Å²) in [7, 11) is 1.99. The van der Waals surface area contributed by atoms with E-state index in [0.717, 1.165) is 38.4 Å². The predicted molar refractivity (Wildman–Crippen MR) is 75.3 cm³/mol. The molecule has 0 aliphatic carbocycles. The maximum atomic E-state index is 4.18. The van der Waals surface area contributed by atoms with Gasteiger partial charge < -0.3 is 14.8 Å². The SMILES string of the molecule is Cn1cnnc1Cc1ccccc1N1CCNCC1. The zero-order valence-electron chi connectivity index (χ0n) is 11.2. The van der Waals surface area contributed by atoms with Gasteiger partial charge in [0.2, 0.25) is 0 Å². The van der Waals surface area contributed by atoms with E-state index in [1.165, 1.54) is 11.3 Å². The molecule has 1 fully saturated rings. The summed E-state index contributed by atoms with van der Waals surface area (Å²) in [6, 6.07) is 8.60. The van der Waals surface area contributed by atoms with E-state index in [0.29, 0.717) is 0 Å². The molecule has 0 amide bonds. The van der Waals surface area contributed by atoms with Gasteiger partial charge in [0.25, 0.3) is 0 Å². The Kier molecular flexibility index (Phi) is 3.46. The van der Waals surface area contributed by atoms with Crippen LogP contribution in [-0.2, 0) is 13.5 Å². The Morgan fingerprint density at radius 2 is 2.00 bits per heavy atom. The highest BCUT2D eigenvalue weighted by Gasteiger charge is 2.14. The minimum absolute atomic E-state index is 0.830. The van der Waals surface area contributed by atoms with E-state index in [2.05, 4.69) is 44.7 Å². The second kappa shape index (κ2) is 5.40. The summed E-state index contributed by atoms with van der Waals surface area (Å²) in [6.07, 6.45) is 2.58. The lowest BCUT2D eigenvalue weighted by atomic mass is 10.1. The summed E-state index contributed by atoms with van der Waals surface area (Å²) in [6.45, 7) is 4.24. The molecule has 3 rings (SSSR count). The quantitative estimate of drug-likeness (QED) is 0.884. The van der Waals surface area contributed by atoms with Crippen LogP contribution in [0.3, 0.4) is 0 Å². The maximum absolute atomic E-state index is 4.18. The van der Waals surface area contributed by atoms with Crippen LogP contribution in [0.15, 0.2) is 30.6 Å². The van der Waals surface area contributed by atoms with Crippen LogP contribution in [0.4, 0.5) is 5.69 Å². The van der Waals surface area contributed by atoms with Gasteiger partial charge in [0, 0.05) is 45.3 Å².